The molecule has 6 heteroatoms. The number of hydrogen-bond donors (Lipinski definition) is 2. The molecule has 0 aromatic carbocycles. The number of nitrogens with zero attached hydrogens (tertiary/aromatic N) is 2. The molecule has 2 rings (SSSR count). The van der Waals surface area contributed by atoms with Crippen LogP contribution in [-0.4, -0.2) is 32.8 Å². The highest BCUT2D eigenvalue weighted by Gasteiger charge is 2.30. The van der Waals surface area contributed by atoms with E-state index in [1.807, 2.05) is 0 Å². The van der Waals surface area contributed by atoms with Crippen molar-refractivity contribution < 1.29 is 14.7 Å². The molecule has 20 heavy (non-hydrogen) atoms. The molecule has 3 atom stereocenters. The quantitative estimate of drug-likeness (QED) is 0.881. The van der Waals surface area contributed by atoms with Crippen LogP contribution in [0.2, 0.25) is 0 Å². The van der Waals surface area contributed by atoms with E-state index >= 15 is 0 Å². The molecule has 0 spiro atoms. The second-order valence-electron chi connectivity index (χ2n) is 5.68. The number of rotatable bonds is 3. The Morgan fingerprint density at radius 2 is 2.10 bits per heavy atom. The molecule has 1 fully saturated rings. The van der Waals surface area contributed by atoms with Crippen molar-refractivity contribution in [3.8, 4) is 0 Å². The summed E-state index contributed by atoms with van der Waals surface area (Å²) in [4.78, 5) is 23.5. The summed E-state index contributed by atoms with van der Waals surface area (Å²) in [6.07, 6.45) is 4.43. The van der Waals surface area contributed by atoms with Crippen LogP contribution in [0.5, 0.6) is 0 Å². The zero-order chi connectivity index (χ0) is 14.9. The summed E-state index contributed by atoms with van der Waals surface area (Å²) >= 11 is 0. The lowest BCUT2D eigenvalue weighted by molar-refractivity contribution is 0.0688. The minimum atomic E-state index is -1.13. The van der Waals surface area contributed by atoms with Gasteiger partial charge in [-0.05, 0) is 18.3 Å². The number of amides is 1. The van der Waals surface area contributed by atoms with Gasteiger partial charge in [0.1, 0.15) is 11.3 Å². The van der Waals surface area contributed by atoms with Gasteiger partial charge in [0.25, 0.3) is 5.91 Å². The van der Waals surface area contributed by atoms with Gasteiger partial charge in [-0.15, -0.1) is 0 Å². The maximum absolute atomic E-state index is 12.3. The second kappa shape index (κ2) is 5.64. The average Bonchev–Trinajstić information content (AvgIpc) is 2.77. The van der Waals surface area contributed by atoms with E-state index in [1.54, 1.807) is 7.05 Å². The van der Waals surface area contributed by atoms with Crippen LogP contribution in [0.3, 0.4) is 0 Å². The Morgan fingerprint density at radius 3 is 2.75 bits per heavy atom. The molecular formula is C14H21N3O3. The summed E-state index contributed by atoms with van der Waals surface area (Å²) in [5.41, 5.74) is 0.0597. The smallest absolute Gasteiger partial charge is 0.339 e. The van der Waals surface area contributed by atoms with E-state index in [4.69, 9.17) is 5.11 Å². The summed E-state index contributed by atoms with van der Waals surface area (Å²) in [6, 6.07) is 0.0998. The Morgan fingerprint density at radius 1 is 1.40 bits per heavy atom. The van der Waals surface area contributed by atoms with Crippen molar-refractivity contribution in [3.05, 3.63) is 17.5 Å². The lowest BCUT2D eigenvalue weighted by atomic mass is 9.78. The average molecular weight is 279 g/mol. The van der Waals surface area contributed by atoms with Crippen LogP contribution in [0.15, 0.2) is 6.20 Å². The van der Waals surface area contributed by atoms with Crippen molar-refractivity contribution in [1.82, 2.24) is 15.1 Å². The van der Waals surface area contributed by atoms with E-state index in [0.29, 0.717) is 11.8 Å². The van der Waals surface area contributed by atoms with Gasteiger partial charge in [0, 0.05) is 13.1 Å². The number of carboxylic acids is 1. The zero-order valence-corrected chi connectivity index (χ0v) is 12.1. The first-order chi connectivity index (χ1) is 9.41. The molecule has 1 aliphatic rings. The molecule has 6 nitrogen and oxygen atoms in total. The van der Waals surface area contributed by atoms with Gasteiger partial charge in [-0.3, -0.25) is 9.48 Å². The van der Waals surface area contributed by atoms with Gasteiger partial charge in [-0.25, -0.2) is 4.79 Å². The Balaban J connectivity index is 2.16. The second-order valence-corrected chi connectivity index (χ2v) is 5.68. The van der Waals surface area contributed by atoms with Crippen LogP contribution in [0.4, 0.5) is 0 Å². The Labute approximate surface area is 118 Å². The predicted octanol–water partition coefficient (Wildman–Crippen LogP) is 1.67. The summed E-state index contributed by atoms with van der Waals surface area (Å²) in [5.74, 6) is -0.518. The fraction of sp³-hybridized carbons (Fsp3) is 0.643. The standard InChI is InChI=1S/C14H21N3O3/c1-8-5-4-6-11(9(8)2)16-13(18)12-10(14(19)20)7-15-17(12)3/h7-9,11H,4-6H2,1-3H3,(H,16,18)(H,19,20)/t8-,9+,11+/m0/s1. The number of aromatic nitrogens is 2. The molecular weight excluding hydrogens is 258 g/mol. The largest absolute Gasteiger partial charge is 0.478 e. The number of hydrogen-bond acceptors (Lipinski definition) is 3. The Hall–Kier alpha value is -1.85. The predicted molar refractivity (Wildman–Crippen MR) is 73.6 cm³/mol. The van der Waals surface area contributed by atoms with Crippen LogP contribution < -0.4 is 5.32 Å². The van der Waals surface area contributed by atoms with Crippen molar-refractivity contribution in [2.24, 2.45) is 18.9 Å². The van der Waals surface area contributed by atoms with Gasteiger partial charge >= 0.3 is 5.97 Å². The molecule has 0 saturated heterocycles. The first-order valence-corrected chi connectivity index (χ1v) is 6.98. The number of nitrogens with one attached hydrogen (secondary N) is 1. The van der Waals surface area contributed by atoms with Gasteiger partial charge in [-0.2, -0.15) is 5.10 Å². The topological polar surface area (TPSA) is 84.2 Å². The summed E-state index contributed by atoms with van der Waals surface area (Å²) in [5, 5.41) is 15.9. The van der Waals surface area contributed by atoms with E-state index in [2.05, 4.69) is 24.3 Å². The van der Waals surface area contributed by atoms with Gasteiger partial charge in [0.2, 0.25) is 0 Å². The number of carbonyl (C=O) groups excluding carboxylic acids is 1. The van der Waals surface area contributed by atoms with Gasteiger partial charge in [-0.1, -0.05) is 26.7 Å². The first kappa shape index (κ1) is 14.6. The number of carbonyl (C=O) groups is 2. The summed E-state index contributed by atoms with van der Waals surface area (Å²) in [6.45, 7) is 4.33. The van der Waals surface area contributed by atoms with Crippen LogP contribution >= 0.6 is 0 Å². The minimum absolute atomic E-state index is 0.0542. The molecule has 0 unspecified atom stereocenters. The number of carboxylic acid groups (broad SMARTS) is 1. The monoisotopic (exact) mass is 279 g/mol. The SMILES string of the molecule is C[C@@H]1[C@@H](C)CCC[C@H]1NC(=O)c1c(C(=O)O)cnn1C. The molecule has 1 saturated carbocycles. The molecule has 1 amide bonds. The van der Waals surface area contributed by atoms with Crippen molar-refractivity contribution in [3.63, 3.8) is 0 Å². The molecule has 2 N–H and O–H groups in total. The van der Waals surface area contributed by atoms with Gasteiger partial charge < -0.3 is 10.4 Å². The number of aryl methyl sites for hydroxylation is 1. The maximum Gasteiger partial charge on any atom is 0.339 e. The maximum atomic E-state index is 12.3. The molecule has 1 heterocycles. The van der Waals surface area contributed by atoms with Gasteiger partial charge in [0.15, 0.2) is 0 Å². The van der Waals surface area contributed by atoms with Crippen LogP contribution in [0, 0.1) is 11.8 Å². The molecule has 1 aliphatic carbocycles. The van der Waals surface area contributed by atoms with E-state index in [1.165, 1.54) is 17.3 Å². The fourth-order valence-electron chi connectivity index (χ4n) is 2.89. The first-order valence-electron chi connectivity index (χ1n) is 6.98. The zero-order valence-electron chi connectivity index (χ0n) is 12.1. The van der Waals surface area contributed by atoms with E-state index < -0.39 is 5.97 Å². The van der Waals surface area contributed by atoms with Crippen molar-refractivity contribution in [2.45, 2.75) is 39.2 Å². The number of aromatic carboxylic acids is 1. The van der Waals surface area contributed by atoms with Crippen molar-refractivity contribution >= 4 is 11.9 Å². The van der Waals surface area contributed by atoms with E-state index in [-0.39, 0.29) is 23.2 Å². The molecule has 0 bridgehead atoms. The van der Waals surface area contributed by atoms with E-state index in [0.717, 1.165) is 12.8 Å². The highest BCUT2D eigenvalue weighted by Crippen LogP contribution is 2.29. The third-order valence-electron chi connectivity index (χ3n) is 4.41. The highest BCUT2D eigenvalue weighted by atomic mass is 16.4. The highest BCUT2D eigenvalue weighted by molar-refractivity contribution is 6.03. The van der Waals surface area contributed by atoms with Crippen LogP contribution in [-0.2, 0) is 7.05 Å². The fourth-order valence-corrected chi connectivity index (χ4v) is 2.89. The minimum Gasteiger partial charge on any atom is -0.478 e. The molecule has 0 radical (unpaired) electrons. The third kappa shape index (κ3) is 2.69. The molecule has 1 aromatic heterocycles. The van der Waals surface area contributed by atoms with Crippen molar-refractivity contribution in [1.29, 1.82) is 0 Å². The van der Waals surface area contributed by atoms with Gasteiger partial charge in [0.05, 0.1) is 6.20 Å². The van der Waals surface area contributed by atoms with Crippen LogP contribution in [0.1, 0.15) is 54.0 Å². The lowest BCUT2D eigenvalue weighted by Crippen LogP contribution is -2.44. The third-order valence-corrected chi connectivity index (χ3v) is 4.41. The Bertz CT molecular complexity index is 524. The van der Waals surface area contributed by atoms with Crippen molar-refractivity contribution in [2.75, 3.05) is 0 Å². The van der Waals surface area contributed by atoms with Crippen LogP contribution in [0.25, 0.3) is 0 Å². The Kier molecular flexibility index (Phi) is 4.11. The normalized spacial score (nSPS) is 26.2. The lowest BCUT2D eigenvalue weighted by Gasteiger charge is -2.34. The molecule has 0 aliphatic heterocycles. The molecule has 1 aromatic rings. The van der Waals surface area contributed by atoms with E-state index in [9.17, 15) is 9.59 Å². The summed E-state index contributed by atoms with van der Waals surface area (Å²) in [7, 11) is 1.58. The molecule has 110 valence electrons. The summed E-state index contributed by atoms with van der Waals surface area (Å²) < 4.78 is 1.32.